The molecule has 0 bridgehead atoms. The third-order valence-electron chi connectivity index (χ3n) is 2.46. The molecule has 0 aliphatic carbocycles. The molecule has 108 valence electrons. The van der Waals surface area contributed by atoms with E-state index in [4.69, 9.17) is 10.8 Å². The molecule has 0 spiro atoms. The summed E-state index contributed by atoms with van der Waals surface area (Å²) >= 11 is 0. The summed E-state index contributed by atoms with van der Waals surface area (Å²) in [5.74, 6) is -1.39. The first kappa shape index (κ1) is 15.6. The smallest absolute Gasteiger partial charge is 0.248 e. The average molecular weight is 279 g/mol. The van der Waals surface area contributed by atoms with Crippen LogP contribution in [0.2, 0.25) is 0 Å². The molecule has 0 radical (unpaired) electrons. The molecule has 5 N–H and O–H groups in total. The molecule has 7 heteroatoms. The Morgan fingerprint density at radius 2 is 1.85 bits per heavy atom. The molecule has 3 amide bonds. The predicted octanol–water partition coefficient (Wildman–Crippen LogP) is -0.850. The molecule has 0 aliphatic heterocycles. The fourth-order valence-electron chi connectivity index (χ4n) is 1.47. The molecule has 0 saturated carbocycles. The first-order chi connectivity index (χ1) is 9.38. The lowest BCUT2D eigenvalue weighted by atomic mass is 10.1. The first-order valence-electron chi connectivity index (χ1n) is 5.99. The Morgan fingerprint density at radius 1 is 1.25 bits per heavy atom. The normalized spacial score (nSPS) is 11.5. The van der Waals surface area contributed by atoms with Crippen LogP contribution < -0.4 is 16.4 Å². The van der Waals surface area contributed by atoms with Crippen LogP contribution in [0.5, 0.6) is 0 Å². The van der Waals surface area contributed by atoms with Crippen molar-refractivity contribution in [1.82, 2.24) is 5.32 Å². The topological polar surface area (TPSA) is 122 Å². The Morgan fingerprint density at radius 3 is 2.35 bits per heavy atom. The Labute approximate surface area is 116 Å². The van der Waals surface area contributed by atoms with Gasteiger partial charge in [-0.2, -0.15) is 0 Å². The van der Waals surface area contributed by atoms with Gasteiger partial charge in [0.15, 0.2) is 0 Å². The van der Waals surface area contributed by atoms with Crippen LogP contribution >= 0.6 is 0 Å². The summed E-state index contributed by atoms with van der Waals surface area (Å²) in [6.07, 6.45) is -1.28. The standard InChI is InChI=1S/C13H17N3O4/c1-8(17)16-10-4-2-9(3-5-10)6-12(19)15-7-11(18)13(14)20/h2-5,11,18H,6-7H2,1H3,(H2,14,20)(H,15,19)(H,16,17). The van der Waals surface area contributed by atoms with Crippen LogP contribution in [0, 0.1) is 0 Å². The van der Waals surface area contributed by atoms with E-state index in [9.17, 15) is 14.4 Å². The maximum atomic E-state index is 11.6. The van der Waals surface area contributed by atoms with Gasteiger partial charge in [-0.25, -0.2) is 0 Å². The molecule has 0 aromatic heterocycles. The minimum atomic E-state index is -1.39. The summed E-state index contributed by atoms with van der Waals surface area (Å²) in [4.78, 5) is 33.0. The van der Waals surface area contributed by atoms with E-state index in [1.54, 1.807) is 24.3 Å². The third kappa shape index (κ3) is 5.49. The highest BCUT2D eigenvalue weighted by molar-refractivity contribution is 5.88. The van der Waals surface area contributed by atoms with E-state index in [2.05, 4.69) is 10.6 Å². The molecule has 0 aliphatic rings. The predicted molar refractivity (Wildman–Crippen MR) is 72.7 cm³/mol. The first-order valence-corrected chi connectivity index (χ1v) is 5.99. The van der Waals surface area contributed by atoms with Crippen LogP contribution in [0.3, 0.4) is 0 Å². The lowest BCUT2D eigenvalue weighted by molar-refractivity contribution is -0.127. The van der Waals surface area contributed by atoms with Crippen molar-refractivity contribution in [3.8, 4) is 0 Å². The van der Waals surface area contributed by atoms with Gasteiger partial charge in [0.25, 0.3) is 0 Å². The number of carbonyl (C=O) groups is 3. The quantitative estimate of drug-likeness (QED) is 0.542. The minimum Gasteiger partial charge on any atom is -0.381 e. The Hall–Kier alpha value is -2.41. The van der Waals surface area contributed by atoms with Crippen LogP contribution in [-0.2, 0) is 20.8 Å². The van der Waals surface area contributed by atoms with Gasteiger partial charge in [0.05, 0.1) is 13.0 Å². The second-order valence-corrected chi connectivity index (χ2v) is 4.28. The Bertz CT molecular complexity index is 499. The number of hydrogen-bond acceptors (Lipinski definition) is 4. The van der Waals surface area contributed by atoms with Gasteiger partial charge in [-0.1, -0.05) is 12.1 Å². The fourth-order valence-corrected chi connectivity index (χ4v) is 1.47. The molecular formula is C13H17N3O4. The molecule has 0 heterocycles. The molecule has 0 fully saturated rings. The Kier molecular flexibility index (Phi) is 5.67. The highest BCUT2D eigenvalue weighted by Gasteiger charge is 2.12. The van der Waals surface area contributed by atoms with Crippen molar-refractivity contribution < 1.29 is 19.5 Å². The lowest BCUT2D eigenvalue weighted by Gasteiger charge is -2.09. The lowest BCUT2D eigenvalue weighted by Crippen LogP contribution is -2.40. The second kappa shape index (κ2) is 7.25. The van der Waals surface area contributed by atoms with Crippen molar-refractivity contribution in [2.75, 3.05) is 11.9 Å². The van der Waals surface area contributed by atoms with Gasteiger partial charge in [0, 0.05) is 12.6 Å². The number of anilines is 1. The number of amides is 3. The highest BCUT2D eigenvalue weighted by atomic mass is 16.3. The van der Waals surface area contributed by atoms with Gasteiger partial charge >= 0.3 is 0 Å². The molecule has 1 aromatic rings. The Balaban J connectivity index is 2.46. The number of nitrogens with two attached hydrogens (primary N) is 1. The minimum absolute atomic E-state index is 0.103. The number of nitrogens with one attached hydrogen (secondary N) is 2. The molecule has 1 atom stereocenters. The van der Waals surface area contributed by atoms with Gasteiger partial charge in [-0.05, 0) is 17.7 Å². The van der Waals surface area contributed by atoms with Crippen LogP contribution in [0.4, 0.5) is 5.69 Å². The van der Waals surface area contributed by atoms with Crippen LogP contribution in [-0.4, -0.2) is 35.5 Å². The van der Waals surface area contributed by atoms with Crippen molar-refractivity contribution in [3.05, 3.63) is 29.8 Å². The van der Waals surface area contributed by atoms with E-state index in [0.717, 1.165) is 5.56 Å². The van der Waals surface area contributed by atoms with Crippen molar-refractivity contribution in [3.63, 3.8) is 0 Å². The zero-order valence-corrected chi connectivity index (χ0v) is 11.1. The van der Waals surface area contributed by atoms with Crippen molar-refractivity contribution in [2.45, 2.75) is 19.4 Å². The van der Waals surface area contributed by atoms with Gasteiger partial charge in [0.2, 0.25) is 17.7 Å². The summed E-state index contributed by atoms with van der Waals surface area (Å²) in [6.45, 7) is 1.20. The molecule has 0 saturated heterocycles. The van der Waals surface area contributed by atoms with Crippen LogP contribution in [0.15, 0.2) is 24.3 Å². The number of aliphatic hydroxyl groups excluding tert-OH is 1. The van der Waals surface area contributed by atoms with E-state index in [1.165, 1.54) is 6.92 Å². The summed E-state index contributed by atoms with van der Waals surface area (Å²) in [6, 6.07) is 6.77. The van der Waals surface area contributed by atoms with Gasteiger partial charge in [0.1, 0.15) is 6.10 Å². The monoisotopic (exact) mass is 279 g/mol. The average Bonchev–Trinajstić information content (AvgIpc) is 2.37. The number of carbonyl (C=O) groups excluding carboxylic acids is 3. The van der Waals surface area contributed by atoms with Gasteiger partial charge in [-0.15, -0.1) is 0 Å². The summed E-state index contributed by atoms with van der Waals surface area (Å²) in [7, 11) is 0. The molecule has 20 heavy (non-hydrogen) atoms. The van der Waals surface area contributed by atoms with Crippen molar-refractivity contribution in [2.24, 2.45) is 5.73 Å². The zero-order valence-electron chi connectivity index (χ0n) is 11.1. The molecule has 1 unspecified atom stereocenters. The largest absolute Gasteiger partial charge is 0.381 e. The SMILES string of the molecule is CC(=O)Nc1ccc(CC(=O)NCC(O)C(N)=O)cc1. The number of benzene rings is 1. The number of aliphatic hydroxyl groups is 1. The van der Waals surface area contributed by atoms with E-state index >= 15 is 0 Å². The van der Waals surface area contributed by atoms with E-state index < -0.39 is 12.0 Å². The maximum Gasteiger partial charge on any atom is 0.248 e. The maximum absolute atomic E-state index is 11.6. The van der Waals surface area contributed by atoms with Crippen LogP contribution in [0.1, 0.15) is 12.5 Å². The second-order valence-electron chi connectivity index (χ2n) is 4.28. The summed E-state index contributed by atoms with van der Waals surface area (Å²) < 4.78 is 0. The van der Waals surface area contributed by atoms with Gasteiger partial charge < -0.3 is 21.5 Å². The molecule has 1 aromatic carbocycles. The number of hydrogen-bond donors (Lipinski definition) is 4. The van der Waals surface area contributed by atoms with E-state index in [-0.39, 0.29) is 24.8 Å². The van der Waals surface area contributed by atoms with E-state index in [1.807, 2.05) is 0 Å². The molecular weight excluding hydrogens is 262 g/mol. The highest BCUT2D eigenvalue weighted by Crippen LogP contribution is 2.09. The van der Waals surface area contributed by atoms with Crippen molar-refractivity contribution in [1.29, 1.82) is 0 Å². The van der Waals surface area contributed by atoms with Crippen molar-refractivity contribution >= 4 is 23.4 Å². The fraction of sp³-hybridized carbons (Fsp3) is 0.308. The number of primary amides is 1. The number of rotatable bonds is 6. The van der Waals surface area contributed by atoms with Gasteiger partial charge in [-0.3, -0.25) is 14.4 Å². The molecule has 7 nitrogen and oxygen atoms in total. The summed E-state index contributed by atoms with van der Waals surface area (Å²) in [5.41, 5.74) is 6.24. The molecule has 1 rings (SSSR count). The van der Waals surface area contributed by atoms with Crippen LogP contribution in [0.25, 0.3) is 0 Å². The zero-order chi connectivity index (χ0) is 15.1. The summed E-state index contributed by atoms with van der Waals surface area (Å²) in [5, 5.41) is 14.1. The van der Waals surface area contributed by atoms with E-state index in [0.29, 0.717) is 5.69 Å². The third-order valence-corrected chi connectivity index (χ3v) is 2.46.